The summed E-state index contributed by atoms with van der Waals surface area (Å²) in [5.74, 6) is 0.964. The number of benzene rings is 1. The maximum Gasteiger partial charge on any atom is 0.123 e. The van der Waals surface area contributed by atoms with E-state index in [1.165, 1.54) is 15.3 Å². The highest BCUT2D eigenvalue weighted by Gasteiger charge is 2.16. The fourth-order valence-corrected chi connectivity index (χ4v) is 3.42. The first-order chi connectivity index (χ1) is 9.78. The van der Waals surface area contributed by atoms with Gasteiger partial charge in [-0.05, 0) is 31.2 Å². The highest BCUT2D eigenvalue weighted by atomic mass is 32.1. The molecule has 0 amide bonds. The second kappa shape index (κ2) is 7.46. The molecule has 0 saturated carbocycles. The van der Waals surface area contributed by atoms with Crippen LogP contribution in [0.5, 0.6) is 5.75 Å². The Morgan fingerprint density at radius 2 is 1.85 bits per heavy atom. The Morgan fingerprint density at radius 3 is 2.50 bits per heavy atom. The average molecular weight is 289 g/mol. The molecular formula is C17H23NOS. The molecule has 2 rings (SSSR count). The summed E-state index contributed by atoms with van der Waals surface area (Å²) in [6.07, 6.45) is 2.13. The lowest BCUT2D eigenvalue weighted by atomic mass is 10.0. The zero-order valence-corrected chi connectivity index (χ0v) is 13.3. The van der Waals surface area contributed by atoms with Crippen molar-refractivity contribution in [1.82, 2.24) is 5.32 Å². The number of nitrogens with one attached hydrogen (secondary N) is 1. The van der Waals surface area contributed by atoms with Gasteiger partial charge in [0.15, 0.2) is 0 Å². The normalized spacial score (nSPS) is 12.3. The Kier molecular flexibility index (Phi) is 5.62. The van der Waals surface area contributed by atoms with Crippen molar-refractivity contribution in [3.8, 4) is 5.75 Å². The number of hydrogen-bond acceptors (Lipinski definition) is 3. The maximum atomic E-state index is 5.50. The van der Waals surface area contributed by atoms with Crippen molar-refractivity contribution in [1.29, 1.82) is 0 Å². The first kappa shape index (κ1) is 15.1. The van der Waals surface area contributed by atoms with Gasteiger partial charge in [0.25, 0.3) is 0 Å². The van der Waals surface area contributed by atoms with Gasteiger partial charge < -0.3 is 10.1 Å². The number of methoxy groups -OCH3 is 1. The number of rotatable bonds is 7. The van der Waals surface area contributed by atoms with E-state index in [9.17, 15) is 0 Å². The molecule has 1 atom stereocenters. The molecule has 108 valence electrons. The molecule has 0 radical (unpaired) electrons. The molecule has 1 unspecified atom stereocenters. The molecule has 0 aliphatic carbocycles. The van der Waals surface area contributed by atoms with Crippen LogP contribution in [0.2, 0.25) is 0 Å². The summed E-state index contributed by atoms with van der Waals surface area (Å²) < 4.78 is 5.50. The molecule has 0 bridgehead atoms. The van der Waals surface area contributed by atoms with E-state index in [2.05, 4.69) is 43.4 Å². The van der Waals surface area contributed by atoms with Crippen LogP contribution in [0.15, 0.2) is 36.4 Å². The van der Waals surface area contributed by atoms with E-state index in [-0.39, 0.29) is 0 Å². The summed E-state index contributed by atoms with van der Waals surface area (Å²) in [6, 6.07) is 13.1. The van der Waals surface area contributed by atoms with Gasteiger partial charge in [0.2, 0.25) is 0 Å². The van der Waals surface area contributed by atoms with E-state index in [0.717, 1.165) is 25.1 Å². The van der Waals surface area contributed by atoms with Crippen molar-refractivity contribution < 1.29 is 4.74 Å². The Labute approximate surface area is 125 Å². The van der Waals surface area contributed by atoms with E-state index in [1.807, 2.05) is 23.5 Å². The predicted octanol–water partition coefficient (Wildman–Crippen LogP) is 4.21. The molecular weight excluding hydrogens is 266 g/mol. The number of likely N-dealkylation sites (N-methyl/N-ethyl adjacent to an activating group) is 1. The topological polar surface area (TPSA) is 21.3 Å². The largest absolute Gasteiger partial charge is 0.496 e. The van der Waals surface area contributed by atoms with Crippen molar-refractivity contribution in [2.45, 2.75) is 32.7 Å². The van der Waals surface area contributed by atoms with E-state index in [4.69, 9.17) is 4.74 Å². The first-order valence-electron chi connectivity index (χ1n) is 7.22. The van der Waals surface area contributed by atoms with Gasteiger partial charge in [-0.3, -0.25) is 0 Å². The van der Waals surface area contributed by atoms with Crippen LogP contribution in [0.25, 0.3) is 0 Å². The number of aryl methyl sites for hydroxylation is 1. The molecule has 2 aromatic rings. The van der Waals surface area contributed by atoms with E-state index < -0.39 is 0 Å². The van der Waals surface area contributed by atoms with E-state index >= 15 is 0 Å². The summed E-state index contributed by atoms with van der Waals surface area (Å²) in [6.45, 7) is 5.31. The van der Waals surface area contributed by atoms with Crippen molar-refractivity contribution in [3.63, 3.8) is 0 Å². The fourth-order valence-electron chi connectivity index (χ4n) is 2.42. The molecule has 1 aromatic heterocycles. The van der Waals surface area contributed by atoms with Crippen molar-refractivity contribution in [2.24, 2.45) is 0 Å². The van der Waals surface area contributed by atoms with Gasteiger partial charge in [-0.15, -0.1) is 11.3 Å². The molecule has 20 heavy (non-hydrogen) atoms. The van der Waals surface area contributed by atoms with Crippen molar-refractivity contribution in [3.05, 3.63) is 51.7 Å². The highest BCUT2D eigenvalue weighted by molar-refractivity contribution is 7.11. The molecule has 0 saturated heterocycles. The Morgan fingerprint density at radius 1 is 1.10 bits per heavy atom. The quantitative estimate of drug-likeness (QED) is 0.824. The second-order valence-corrected chi connectivity index (χ2v) is 6.03. The minimum absolute atomic E-state index is 0.305. The van der Waals surface area contributed by atoms with Crippen molar-refractivity contribution >= 4 is 11.3 Å². The first-order valence-corrected chi connectivity index (χ1v) is 8.04. The molecule has 0 aliphatic heterocycles. The Balaban J connectivity index is 2.21. The van der Waals surface area contributed by atoms with Crippen LogP contribution in [0, 0.1) is 0 Å². The zero-order chi connectivity index (χ0) is 14.4. The maximum absolute atomic E-state index is 5.50. The van der Waals surface area contributed by atoms with E-state index in [1.54, 1.807) is 7.11 Å². The van der Waals surface area contributed by atoms with E-state index in [0.29, 0.717) is 6.04 Å². The second-order valence-electron chi connectivity index (χ2n) is 4.78. The number of ether oxygens (including phenoxy) is 1. The summed E-state index contributed by atoms with van der Waals surface area (Å²) >= 11 is 1.91. The molecule has 3 heteroatoms. The fraction of sp³-hybridized carbons (Fsp3) is 0.412. The van der Waals surface area contributed by atoms with Gasteiger partial charge in [0.05, 0.1) is 7.11 Å². The van der Waals surface area contributed by atoms with Crippen LogP contribution >= 0.6 is 11.3 Å². The molecule has 0 fully saturated rings. The Bertz CT molecular complexity index is 535. The third-order valence-corrected chi connectivity index (χ3v) is 4.69. The van der Waals surface area contributed by atoms with Crippen LogP contribution in [-0.2, 0) is 12.8 Å². The molecule has 1 N–H and O–H groups in total. The SMILES string of the molecule is CCNC(Cc1ccc(CC)s1)c1ccccc1OC. The minimum Gasteiger partial charge on any atom is -0.496 e. The minimum atomic E-state index is 0.305. The summed E-state index contributed by atoms with van der Waals surface area (Å²) in [5.41, 5.74) is 1.24. The van der Waals surface area contributed by atoms with Crippen LogP contribution in [0.1, 0.15) is 35.2 Å². The average Bonchev–Trinajstić information content (AvgIpc) is 2.94. The third kappa shape index (κ3) is 3.62. The van der Waals surface area contributed by atoms with Gasteiger partial charge in [0, 0.05) is 27.8 Å². The molecule has 0 aliphatic rings. The van der Waals surface area contributed by atoms with Crippen LogP contribution < -0.4 is 10.1 Å². The summed E-state index contributed by atoms with van der Waals surface area (Å²) in [4.78, 5) is 2.88. The lowest BCUT2D eigenvalue weighted by molar-refractivity contribution is 0.399. The predicted molar refractivity (Wildman–Crippen MR) is 86.8 cm³/mol. The van der Waals surface area contributed by atoms with Crippen LogP contribution in [-0.4, -0.2) is 13.7 Å². The summed E-state index contributed by atoms with van der Waals surface area (Å²) in [5, 5.41) is 3.58. The molecule has 1 heterocycles. The molecule has 1 aromatic carbocycles. The lowest BCUT2D eigenvalue weighted by Crippen LogP contribution is -2.23. The van der Waals surface area contributed by atoms with Crippen LogP contribution in [0.4, 0.5) is 0 Å². The number of para-hydroxylation sites is 1. The van der Waals surface area contributed by atoms with Gasteiger partial charge in [-0.25, -0.2) is 0 Å². The summed E-state index contributed by atoms with van der Waals surface area (Å²) in [7, 11) is 1.74. The van der Waals surface area contributed by atoms with Gasteiger partial charge in [-0.1, -0.05) is 32.0 Å². The third-order valence-electron chi connectivity index (χ3n) is 3.44. The Hall–Kier alpha value is -1.32. The molecule has 2 nitrogen and oxygen atoms in total. The molecule has 0 spiro atoms. The lowest BCUT2D eigenvalue weighted by Gasteiger charge is -2.20. The zero-order valence-electron chi connectivity index (χ0n) is 12.5. The number of thiophene rings is 1. The van der Waals surface area contributed by atoms with Crippen molar-refractivity contribution in [2.75, 3.05) is 13.7 Å². The van der Waals surface area contributed by atoms with Gasteiger partial charge in [-0.2, -0.15) is 0 Å². The van der Waals surface area contributed by atoms with Gasteiger partial charge in [0.1, 0.15) is 5.75 Å². The standard InChI is InChI=1S/C17H23NOS/c1-4-13-10-11-14(20-13)12-16(18-5-2)15-8-6-7-9-17(15)19-3/h6-11,16,18H,4-5,12H2,1-3H3. The smallest absolute Gasteiger partial charge is 0.123 e. The monoisotopic (exact) mass is 289 g/mol. The number of hydrogen-bond donors (Lipinski definition) is 1. The highest BCUT2D eigenvalue weighted by Crippen LogP contribution is 2.29. The van der Waals surface area contributed by atoms with Crippen LogP contribution in [0.3, 0.4) is 0 Å². The van der Waals surface area contributed by atoms with Gasteiger partial charge >= 0.3 is 0 Å².